The Balaban J connectivity index is 1.95. The Labute approximate surface area is 180 Å². The van der Waals surface area contributed by atoms with Crippen molar-refractivity contribution in [3.05, 3.63) is 81.3 Å². The van der Waals surface area contributed by atoms with Gasteiger partial charge in [0, 0.05) is 5.56 Å². The molecule has 0 aliphatic heterocycles. The lowest BCUT2D eigenvalue weighted by Gasteiger charge is -2.09. The highest BCUT2D eigenvalue weighted by Gasteiger charge is 2.33. The largest absolute Gasteiger partial charge is 0.502 e. The van der Waals surface area contributed by atoms with Crippen LogP contribution in [-0.4, -0.2) is 27.9 Å². The van der Waals surface area contributed by atoms with Crippen LogP contribution in [-0.2, 0) is 11.2 Å². The van der Waals surface area contributed by atoms with Crippen molar-refractivity contribution < 1.29 is 33.6 Å². The first-order valence-electron chi connectivity index (χ1n) is 9.23. The standard InChI is InChI=1S/C21H17N3O8/c1-2-11-3-5-12(6-4-11)13-9-10-31-18(13)21(28)32-20(27)14-7-8-15(25)17(24(29)30)16(14)19(26)23-22/h3-10,25H,2,22H2,1H3,(H,23,26). The molecule has 0 saturated heterocycles. The number of esters is 2. The number of nitrogens with zero attached hydrogens (tertiary/aromatic N) is 1. The highest BCUT2D eigenvalue weighted by molar-refractivity contribution is 6.12. The summed E-state index contributed by atoms with van der Waals surface area (Å²) in [6, 6.07) is 10.5. The predicted molar refractivity (Wildman–Crippen MR) is 110 cm³/mol. The monoisotopic (exact) mass is 439 g/mol. The van der Waals surface area contributed by atoms with Crippen LogP contribution in [0, 0.1) is 10.1 Å². The maximum absolute atomic E-state index is 12.6. The van der Waals surface area contributed by atoms with E-state index < -0.39 is 45.3 Å². The minimum atomic E-state index is -1.37. The number of phenols is 1. The van der Waals surface area contributed by atoms with Gasteiger partial charge in [0.25, 0.3) is 5.91 Å². The molecule has 0 radical (unpaired) electrons. The number of ether oxygens (including phenoxy) is 1. The molecule has 3 aromatic rings. The van der Waals surface area contributed by atoms with Gasteiger partial charge >= 0.3 is 17.6 Å². The molecule has 4 N–H and O–H groups in total. The molecule has 0 fully saturated rings. The van der Waals surface area contributed by atoms with E-state index in [0.29, 0.717) is 11.1 Å². The van der Waals surface area contributed by atoms with Gasteiger partial charge < -0.3 is 14.3 Å². The van der Waals surface area contributed by atoms with Gasteiger partial charge in [-0.15, -0.1) is 0 Å². The molecule has 0 spiro atoms. The molecule has 0 atom stereocenters. The average Bonchev–Trinajstić information content (AvgIpc) is 3.28. The maximum Gasteiger partial charge on any atom is 0.382 e. The fourth-order valence-corrected chi connectivity index (χ4v) is 3.04. The van der Waals surface area contributed by atoms with E-state index in [-0.39, 0.29) is 5.76 Å². The average molecular weight is 439 g/mol. The summed E-state index contributed by atoms with van der Waals surface area (Å²) in [6.45, 7) is 1.99. The molecule has 0 aliphatic carbocycles. The van der Waals surface area contributed by atoms with Gasteiger partial charge in [0.15, 0.2) is 5.75 Å². The number of carbonyl (C=O) groups is 3. The highest BCUT2D eigenvalue weighted by atomic mass is 16.6. The quantitative estimate of drug-likeness (QED) is 0.130. The van der Waals surface area contributed by atoms with Crippen molar-refractivity contribution in [2.45, 2.75) is 13.3 Å². The normalized spacial score (nSPS) is 10.4. The van der Waals surface area contributed by atoms with Crippen LogP contribution in [0.25, 0.3) is 11.1 Å². The third kappa shape index (κ3) is 4.18. The van der Waals surface area contributed by atoms with E-state index in [1.165, 1.54) is 12.3 Å². The number of hydrazine groups is 1. The van der Waals surface area contributed by atoms with E-state index >= 15 is 0 Å². The Hall–Kier alpha value is -4.51. The second-order valence-electron chi connectivity index (χ2n) is 6.48. The van der Waals surface area contributed by atoms with Crippen LogP contribution in [0.1, 0.15) is 43.8 Å². The molecule has 3 rings (SSSR count). The van der Waals surface area contributed by atoms with Crippen LogP contribution in [0.5, 0.6) is 5.75 Å². The Bertz CT molecular complexity index is 1210. The third-order valence-corrected chi connectivity index (χ3v) is 4.63. The number of nitro benzene ring substituents is 1. The first kappa shape index (κ1) is 22.2. The van der Waals surface area contributed by atoms with Crippen LogP contribution >= 0.6 is 0 Å². The van der Waals surface area contributed by atoms with Crippen molar-refractivity contribution in [2.24, 2.45) is 5.84 Å². The van der Waals surface area contributed by atoms with E-state index in [4.69, 9.17) is 15.0 Å². The number of aryl methyl sites for hydroxylation is 1. The number of hydrogen-bond donors (Lipinski definition) is 3. The first-order valence-corrected chi connectivity index (χ1v) is 9.23. The molecule has 32 heavy (non-hydrogen) atoms. The lowest BCUT2D eigenvalue weighted by molar-refractivity contribution is -0.386. The van der Waals surface area contributed by atoms with E-state index in [1.54, 1.807) is 17.6 Å². The van der Waals surface area contributed by atoms with Crippen molar-refractivity contribution in [3.63, 3.8) is 0 Å². The number of rotatable bonds is 6. The van der Waals surface area contributed by atoms with Crippen molar-refractivity contribution >= 4 is 23.5 Å². The van der Waals surface area contributed by atoms with Gasteiger partial charge in [-0.2, -0.15) is 0 Å². The number of nitrogens with two attached hydrogens (primary N) is 1. The smallest absolute Gasteiger partial charge is 0.382 e. The number of nitrogens with one attached hydrogen (secondary N) is 1. The van der Waals surface area contributed by atoms with Crippen molar-refractivity contribution in [2.75, 3.05) is 0 Å². The minimum absolute atomic E-state index is 0.277. The van der Waals surface area contributed by atoms with Gasteiger partial charge in [-0.05, 0) is 35.7 Å². The molecule has 164 valence electrons. The number of amides is 1. The van der Waals surface area contributed by atoms with E-state index in [2.05, 4.69) is 0 Å². The summed E-state index contributed by atoms with van der Waals surface area (Å²) in [5.41, 5.74) is 1.17. The summed E-state index contributed by atoms with van der Waals surface area (Å²) < 4.78 is 9.98. The number of aromatic hydroxyl groups is 1. The van der Waals surface area contributed by atoms with Gasteiger partial charge in [0.2, 0.25) is 5.76 Å². The summed E-state index contributed by atoms with van der Waals surface area (Å²) in [5, 5.41) is 21.0. The Morgan fingerprint density at radius 2 is 1.81 bits per heavy atom. The van der Waals surface area contributed by atoms with E-state index in [0.717, 1.165) is 24.1 Å². The van der Waals surface area contributed by atoms with Gasteiger partial charge in [-0.1, -0.05) is 31.2 Å². The topological polar surface area (TPSA) is 175 Å². The summed E-state index contributed by atoms with van der Waals surface area (Å²) in [6.07, 6.45) is 2.06. The molecule has 0 unspecified atom stereocenters. The zero-order valence-electron chi connectivity index (χ0n) is 16.7. The summed E-state index contributed by atoms with van der Waals surface area (Å²) in [7, 11) is 0. The second kappa shape index (κ2) is 9.10. The highest BCUT2D eigenvalue weighted by Crippen LogP contribution is 2.33. The number of carbonyl (C=O) groups excluding carboxylic acids is 3. The number of nitrogen functional groups attached to an aromatic ring is 1. The van der Waals surface area contributed by atoms with Crippen molar-refractivity contribution in [1.82, 2.24) is 5.43 Å². The third-order valence-electron chi connectivity index (χ3n) is 4.63. The molecule has 2 aromatic carbocycles. The maximum atomic E-state index is 12.6. The molecule has 0 saturated carbocycles. The summed E-state index contributed by atoms with van der Waals surface area (Å²) >= 11 is 0. The summed E-state index contributed by atoms with van der Waals surface area (Å²) in [5.74, 6) is 0.100. The molecular weight excluding hydrogens is 422 g/mol. The number of furan rings is 1. The zero-order valence-corrected chi connectivity index (χ0v) is 16.7. The van der Waals surface area contributed by atoms with Crippen LogP contribution in [0.15, 0.2) is 53.1 Å². The Morgan fingerprint density at radius 3 is 2.41 bits per heavy atom. The van der Waals surface area contributed by atoms with Gasteiger partial charge in [-0.25, -0.2) is 15.4 Å². The molecular formula is C21H17N3O8. The summed E-state index contributed by atoms with van der Waals surface area (Å²) in [4.78, 5) is 47.5. The lowest BCUT2D eigenvalue weighted by atomic mass is 10.0. The number of nitro groups is 1. The Kier molecular flexibility index (Phi) is 6.31. The molecule has 1 heterocycles. The number of hydrogen-bond acceptors (Lipinski definition) is 9. The Morgan fingerprint density at radius 1 is 1.12 bits per heavy atom. The molecule has 0 aliphatic rings. The fourth-order valence-electron chi connectivity index (χ4n) is 3.04. The van der Waals surface area contributed by atoms with Crippen LogP contribution in [0.4, 0.5) is 5.69 Å². The van der Waals surface area contributed by atoms with Crippen LogP contribution < -0.4 is 11.3 Å². The lowest BCUT2D eigenvalue weighted by Crippen LogP contribution is -2.32. The van der Waals surface area contributed by atoms with Crippen LogP contribution in [0.2, 0.25) is 0 Å². The predicted octanol–water partition coefficient (Wildman–Crippen LogP) is 2.72. The van der Waals surface area contributed by atoms with Gasteiger partial charge in [0.05, 0.1) is 16.7 Å². The number of phenolic OH excluding ortho intramolecular Hbond substituents is 1. The molecule has 1 aromatic heterocycles. The van der Waals surface area contributed by atoms with Crippen molar-refractivity contribution in [3.8, 4) is 16.9 Å². The SMILES string of the molecule is CCc1ccc(-c2ccoc2C(=O)OC(=O)c2ccc(O)c([N+](=O)[O-])c2C(=O)NN)cc1. The zero-order chi connectivity index (χ0) is 23.4. The first-order chi connectivity index (χ1) is 15.3. The second-order valence-corrected chi connectivity index (χ2v) is 6.48. The molecule has 11 heteroatoms. The minimum Gasteiger partial charge on any atom is -0.502 e. The molecule has 0 bridgehead atoms. The van der Waals surface area contributed by atoms with Gasteiger partial charge in [-0.3, -0.25) is 20.3 Å². The molecule has 11 nitrogen and oxygen atoms in total. The fraction of sp³-hybridized carbons (Fsp3) is 0.0952. The number of benzene rings is 2. The van der Waals surface area contributed by atoms with Crippen LogP contribution in [0.3, 0.4) is 0 Å². The van der Waals surface area contributed by atoms with E-state index in [9.17, 15) is 29.6 Å². The van der Waals surface area contributed by atoms with E-state index in [1.807, 2.05) is 19.1 Å². The van der Waals surface area contributed by atoms with Crippen molar-refractivity contribution in [1.29, 1.82) is 0 Å². The molecule has 1 amide bonds. The van der Waals surface area contributed by atoms with Gasteiger partial charge in [0.1, 0.15) is 5.56 Å².